The van der Waals surface area contributed by atoms with E-state index in [1.165, 1.54) is 12.8 Å². The molecular weight excluding hydrogens is 282 g/mol. The van der Waals surface area contributed by atoms with Crippen LogP contribution in [0.25, 0.3) is 0 Å². The van der Waals surface area contributed by atoms with Crippen molar-refractivity contribution >= 4 is 21.6 Å². The van der Waals surface area contributed by atoms with Crippen molar-refractivity contribution in [2.75, 3.05) is 32.2 Å². The van der Waals surface area contributed by atoms with Crippen LogP contribution in [-0.4, -0.2) is 26.9 Å². The van der Waals surface area contributed by atoms with Crippen LogP contribution in [0.15, 0.2) is 22.7 Å². The van der Waals surface area contributed by atoms with Gasteiger partial charge in [0.2, 0.25) is 0 Å². The monoisotopic (exact) mass is 299 g/mol. The highest BCUT2D eigenvalue weighted by Gasteiger charge is 2.13. The molecule has 0 spiro atoms. The molecule has 2 rings (SSSR count). The van der Waals surface area contributed by atoms with Gasteiger partial charge in [-0.2, -0.15) is 0 Å². The second-order valence-corrected chi connectivity index (χ2v) is 5.17. The lowest BCUT2D eigenvalue weighted by molar-refractivity contribution is 0.0595. The first-order valence-corrected chi connectivity index (χ1v) is 6.74. The standard InChI is InChI=1S/C13H18BrNO2/c1-16-13-7-11(4-5-12(13)14)15-8-10-3-2-6-17-9-10/h4-5,7,10,15H,2-3,6,8-9H2,1H3. The van der Waals surface area contributed by atoms with Gasteiger partial charge in [0.05, 0.1) is 18.2 Å². The van der Waals surface area contributed by atoms with Crippen LogP contribution in [0, 0.1) is 5.92 Å². The zero-order chi connectivity index (χ0) is 12.1. The van der Waals surface area contributed by atoms with E-state index in [-0.39, 0.29) is 0 Å². The summed E-state index contributed by atoms with van der Waals surface area (Å²) in [7, 11) is 1.68. The normalized spacial score (nSPS) is 20.0. The highest BCUT2D eigenvalue weighted by atomic mass is 79.9. The maximum absolute atomic E-state index is 5.46. The van der Waals surface area contributed by atoms with Crippen molar-refractivity contribution in [2.45, 2.75) is 12.8 Å². The topological polar surface area (TPSA) is 30.5 Å². The van der Waals surface area contributed by atoms with Crippen LogP contribution in [0.4, 0.5) is 5.69 Å². The quantitative estimate of drug-likeness (QED) is 0.925. The molecule has 1 aromatic rings. The predicted molar refractivity (Wildman–Crippen MR) is 72.7 cm³/mol. The van der Waals surface area contributed by atoms with Crippen LogP contribution in [0.5, 0.6) is 5.75 Å². The first kappa shape index (κ1) is 12.7. The molecule has 1 aliphatic heterocycles. The van der Waals surface area contributed by atoms with E-state index >= 15 is 0 Å². The molecule has 1 aromatic carbocycles. The van der Waals surface area contributed by atoms with Crippen molar-refractivity contribution in [1.29, 1.82) is 0 Å². The van der Waals surface area contributed by atoms with E-state index in [0.29, 0.717) is 5.92 Å². The molecule has 1 aliphatic rings. The third-order valence-corrected chi connectivity index (χ3v) is 3.66. The first-order chi connectivity index (χ1) is 8.29. The molecular formula is C13H18BrNO2. The molecule has 1 N–H and O–H groups in total. The van der Waals surface area contributed by atoms with E-state index in [1.54, 1.807) is 7.11 Å². The Kier molecular flexibility index (Phi) is 4.68. The highest BCUT2D eigenvalue weighted by Crippen LogP contribution is 2.28. The van der Waals surface area contributed by atoms with Gasteiger partial charge in [-0.15, -0.1) is 0 Å². The van der Waals surface area contributed by atoms with Gasteiger partial charge in [0.15, 0.2) is 0 Å². The van der Waals surface area contributed by atoms with Crippen LogP contribution in [0.3, 0.4) is 0 Å². The van der Waals surface area contributed by atoms with E-state index in [4.69, 9.17) is 9.47 Å². The van der Waals surface area contributed by atoms with Gasteiger partial charge in [-0.05, 0) is 46.8 Å². The van der Waals surface area contributed by atoms with Crippen molar-refractivity contribution in [3.05, 3.63) is 22.7 Å². The largest absolute Gasteiger partial charge is 0.495 e. The Hall–Kier alpha value is -0.740. The lowest BCUT2D eigenvalue weighted by atomic mass is 10.0. The zero-order valence-electron chi connectivity index (χ0n) is 10.0. The molecule has 0 radical (unpaired) electrons. The summed E-state index contributed by atoms with van der Waals surface area (Å²) in [5, 5.41) is 3.44. The predicted octanol–water partition coefficient (Wildman–Crippen LogP) is 3.30. The summed E-state index contributed by atoms with van der Waals surface area (Å²) in [4.78, 5) is 0. The molecule has 0 aromatic heterocycles. The Labute approximate surface area is 111 Å². The Morgan fingerprint density at radius 1 is 1.53 bits per heavy atom. The maximum atomic E-state index is 5.46. The van der Waals surface area contributed by atoms with E-state index in [2.05, 4.69) is 27.3 Å². The number of ether oxygens (including phenoxy) is 2. The number of methoxy groups -OCH3 is 1. The van der Waals surface area contributed by atoms with Crippen LogP contribution in [-0.2, 0) is 4.74 Å². The number of benzene rings is 1. The SMILES string of the molecule is COc1cc(NCC2CCCOC2)ccc1Br. The van der Waals surface area contributed by atoms with Crippen LogP contribution >= 0.6 is 15.9 Å². The van der Waals surface area contributed by atoms with Gasteiger partial charge in [0.1, 0.15) is 5.75 Å². The summed E-state index contributed by atoms with van der Waals surface area (Å²) >= 11 is 3.45. The van der Waals surface area contributed by atoms with Crippen molar-refractivity contribution in [3.63, 3.8) is 0 Å². The Bertz CT molecular complexity index is 364. The Morgan fingerprint density at radius 3 is 3.12 bits per heavy atom. The third-order valence-electron chi connectivity index (χ3n) is 3.00. The minimum atomic E-state index is 0.624. The average Bonchev–Trinajstić information content (AvgIpc) is 2.39. The van der Waals surface area contributed by atoms with Crippen molar-refractivity contribution in [3.8, 4) is 5.75 Å². The fraction of sp³-hybridized carbons (Fsp3) is 0.538. The fourth-order valence-electron chi connectivity index (χ4n) is 2.00. The minimum absolute atomic E-state index is 0.624. The smallest absolute Gasteiger partial charge is 0.135 e. The number of hydrogen-bond donors (Lipinski definition) is 1. The lowest BCUT2D eigenvalue weighted by Gasteiger charge is -2.22. The number of rotatable bonds is 4. The summed E-state index contributed by atoms with van der Waals surface area (Å²) in [6, 6.07) is 6.06. The van der Waals surface area contributed by atoms with Gasteiger partial charge in [-0.1, -0.05) is 0 Å². The van der Waals surface area contributed by atoms with Gasteiger partial charge in [-0.3, -0.25) is 0 Å². The second kappa shape index (κ2) is 6.26. The Morgan fingerprint density at radius 2 is 2.41 bits per heavy atom. The first-order valence-electron chi connectivity index (χ1n) is 5.95. The molecule has 0 amide bonds. The van der Waals surface area contributed by atoms with Gasteiger partial charge >= 0.3 is 0 Å². The molecule has 0 aliphatic carbocycles. The highest BCUT2D eigenvalue weighted by molar-refractivity contribution is 9.10. The molecule has 1 fully saturated rings. The molecule has 1 heterocycles. The van der Waals surface area contributed by atoms with Gasteiger partial charge in [0, 0.05) is 24.9 Å². The van der Waals surface area contributed by atoms with Gasteiger partial charge in [0.25, 0.3) is 0 Å². The van der Waals surface area contributed by atoms with Crippen LogP contribution < -0.4 is 10.1 Å². The fourth-order valence-corrected chi connectivity index (χ4v) is 2.41. The molecule has 1 unspecified atom stereocenters. The maximum Gasteiger partial charge on any atom is 0.135 e. The zero-order valence-corrected chi connectivity index (χ0v) is 11.6. The average molecular weight is 300 g/mol. The molecule has 0 saturated carbocycles. The van der Waals surface area contributed by atoms with Crippen LogP contribution in [0.2, 0.25) is 0 Å². The summed E-state index contributed by atoms with van der Waals surface area (Å²) in [6.45, 7) is 2.76. The third kappa shape index (κ3) is 3.61. The molecule has 0 bridgehead atoms. The van der Waals surface area contributed by atoms with Gasteiger partial charge in [-0.25, -0.2) is 0 Å². The summed E-state index contributed by atoms with van der Waals surface area (Å²) in [5.41, 5.74) is 1.09. The summed E-state index contributed by atoms with van der Waals surface area (Å²) in [6.07, 6.45) is 2.43. The molecule has 1 saturated heterocycles. The van der Waals surface area contributed by atoms with Crippen molar-refractivity contribution < 1.29 is 9.47 Å². The number of halogens is 1. The minimum Gasteiger partial charge on any atom is -0.495 e. The molecule has 1 atom stereocenters. The van der Waals surface area contributed by atoms with Crippen molar-refractivity contribution in [2.24, 2.45) is 5.92 Å². The van der Waals surface area contributed by atoms with Gasteiger partial charge < -0.3 is 14.8 Å². The van der Waals surface area contributed by atoms with E-state index in [9.17, 15) is 0 Å². The van der Waals surface area contributed by atoms with E-state index in [0.717, 1.165) is 35.7 Å². The Balaban J connectivity index is 1.89. The second-order valence-electron chi connectivity index (χ2n) is 4.31. The molecule has 94 valence electrons. The number of nitrogens with one attached hydrogen (secondary N) is 1. The molecule has 4 heteroatoms. The number of anilines is 1. The van der Waals surface area contributed by atoms with E-state index < -0.39 is 0 Å². The van der Waals surface area contributed by atoms with Crippen molar-refractivity contribution in [1.82, 2.24) is 0 Å². The van der Waals surface area contributed by atoms with Crippen LogP contribution in [0.1, 0.15) is 12.8 Å². The van der Waals surface area contributed by atoms with E-state index in [1.807, 2.05) is 12.1 Å². The lowest BCUT2D eigenvalue weighted by Crippen LogP contribution is -2.24. The summed E-state index contributed by atoms with van der Waals surface area (Å²) < 4.78 is 11.7. The molecule has 3 nitrogen and oxygen atoms in total. The summed E-state index contributed by atoms with van der Waals surface area (Å²) in [5.74, 6) is 1.48. The molecule has 17 heavy (non-hydrogen) atoms. The number of hydrogen-bond acceptors (Lipinski definition) is 3.